The van der Waals surface area contributed by atoms with Gasteiger partial charge in [0, 0.05) is 31.2 Å². The first-order valence-corrected chi connectivity index (χ1v) is 7.55. The van der Waals surface area contributed by atoms with E-state index in [1.807, 2.05) is 0 Å². The van der Waals surface area contributed by atoms with Crippen molar-refractivity contribution in [3.05, 3.63) is 33.4 Å². The van der Waals surface area contributed by atoms with Crippen molar-refractivity contribution in [3.63, 3.8) is 0 Å². The molecule has 2 heterocycles. The molecule has 3 N–H and O–H groups in total. The first-order valence-electron chi connectivity index (χ1n) is 7.55. The fraction of sp³-hybridized carbons (Fsp3) is 0.533. The molecule has 2 unspecified atom stereocenters. The van der Waals surface area contributed by atoms with Gasteiger partial charge in [-0.1, -0.05) is 0 Å². The van der Waals surface area contributed by atoms with Gasteiger partial charge in [0.05, 0.1) is 10.5 Å². The molecule has 7 heteroatoms. The normalized spacial score (nSPS) is 24.1. The number of aryl methyl sites for hydroxylation is 1. The predicted molar refractivity (Wildman–Crippen MR) is 82.7 cm³/mol. The predicted octanol–water partition coefficient (Wildman–Crippen LogP) is 1.45. The molecule has 1 aromatic rings. The first-order chi connectivity index (χ1) is 10.5. The number of nitrogens with one attached hydrogen (secondary N) is 1. The van der Waals surface area contributed by atoms with Crippen LogP contribution in [0.25, 0.3) is 0 Å². The first kappa shape index (κ1) is 14.8. The number of fused-ring (bicyclic) bond motifs is 2. The highest BCUT2D eigenvalue weighted by atomic mass is 16.6. The van der Waals surface area contributed by atoms with Gasteiger partial charge in [-0.05, 0) is 37.8 Å². The summed E-state index contributed by atoms with van der Waals surface area (Å²) in [7, 11) is 0. The highest BCUT2D eigenvalue weighted by Crippen LogP contribution is 2.29. The second-order valence-corrected chi connectivity index (χ2v) is 6.18. The Labute approximate surface area is 128 Å². The average Bonchev–Trinajstić information content (AvgIpc) is 2.79. The Morgan fingerprint density at radius 3 is 2.82 bits per heavy atom. The molecule has 3 rings (SSSR count). The van der Waals surface area contributed by atoms with Crippen LogP contribution in [0.3, 0.4) is 0 Å². The number of benzene rings is 1. The summed E-state index contributed by atoms with van der Waals surface area (Å²) < 4.78 is 0. The third-order valence-electron chi connectivity index (χ3n) is 4.54. The van der Waals surface area contributed by atoms with E-state index in [0.29, 0.717) is 30.7 Å². The summed E-state index contributed by atoms with van der Waals surface area (Å²) >= 11 is 0. The molecule has 118 valence electrons. The minimum absolute atomic E-state index is 0.0389. The van der Waals surface area contributed by atoms with Crippen molar-refractivity contribution in [3.8, 4) is 0 Å². The molecule has 22 heavy (non-hydrogen) atoms. The number of anilines is 1. The quantitative estimate of drug-likeness (QED) is 0.489. The van der Waals surface area contributed by atoms with Crippen molar-refractivity contribution >= 4 is 17.3 Å². The number of amides is 1. The molecule has 2 saturated heterocycles. The Kier molecular flexibility index (Phi) is 3.74. The molecule has 2 fully saturated rings. The molecule has 0 aliphatic carbocycles. The van der Waals surface area contributed by atoms with E-state index < -0.39 is 4.92 Å². The zero-order valence-electron chi connectivity index (χ0n) is 12.5. The minimum Gasteiger partial charge on any atom is -0.393 e. The second-order valence-electron chi connectivity index (χ2n) is 6.18. The van der Waals surface area contributed by atoms with Crippen LogP contribution in [-0.2, 0) is 0 Å². The second kappa shape index (κ2) is 5.57. The van der Waals surface area contributed by atoms with Crippen molar-refractivity contribution < 1.29 is 9.72 Å². The van der Waals surface area contributed by atoms with E-state index in [2.05, 4.69) is 5.32 Å². The Bertz CT molecular complexity index is 631. The molecule has 1 amide bonds. The van der Waals surface area contributed by atoms with Crippen molar-refractivity contribution in [2.45, 2.75) is 38.3 Å². The molecule has 0 aromatic heterocycles. The van der Waals surface area contributed by atoms with Crippen molar-refractivity contribution in [1.82, 2.24) is 10.2 Å². The number of rotatable bonds is 2. The van der Waals surface area contributed by atoms with E-state index in [1.54, 1.807) is 17.9 Å². The van der Waals surface area contributed by atoms with Crippen LogP contribution < -0.4 is 11.1 Å². The van der Waals surface area contributed by atoms with Crippen molar-refractivity contribution in [2.75, 3.05) is 18.8 Å². The van der Waals surface area contributed by atoms with Crippen LogP contribution >= 0.6 is 0 Å². The van der Waals surface area contributed by atoms with E-state index in [4.69, 9.17) is 5.73 Å². The molecule has 1 aromatic carbocycles. The smallest absolute Gasteiger partial charge is 0.293 e. The molecule has 2 aliphatic heterocycles. The maximum Gasteiger partial charge on any atom is 0.293 e. The lowest BCUT2D eigenvalue weighted by Crippen LogP contribution is -2.39. The summed E-state index contributed by atoms with van der Waals surface area (Å²) in [6, 6.07) is 3.84. The molecule has 2 aliphatic rings. The number of nitrogen functional groups attached to an aromatic ring is 1. The number of nitrogens with zero attached hydrogens (tertiary/aromatic N) is 2. The molecule has 2 atom stereocenters. The van der Waals surface area contributed by atoms with Crippen molar-refractivity contribution in [2.24, 2.45) is 0 Å². The highest BCUT2D eigenvalue weighted by molar-refractivity contribution is 6.01. The number of hydrogen-bond acceptors (Lipinski definition) is 5. The third kappa shape index (κ3) is 2.64. The lowest BCUT2D eigenvalue weighted by Gasteiger charge is -2.25. The number of carbonyl (C=O) groups is 1. The van der Waals surface area contributed by atoms with Crippen LogP contribution in [0.15, 0.2) is 12.1 Å². The number of nitro groups is 1. The van der Waals surface area contributed by atoms with Crippen molar-refractivity contribution in [1.29, 1.82) is 0 Å². The van der Waals surface area contributed by atoms with Crippen LogP contribution in [0.4, 0.5) is 11.4 Å². The Morgan fingerprint density at radius 1 is 1.36 bits per heavy atom. The van der Waals surface area contributed by atoms with E-state index in [-0.39, 0.29) is 22.8 Å². The van der Waals surface area contributed by atoms with E-state index >= 15 is 0 Å². The maximum atomic E-state index is 12.8. The lowest BCUT2D eigenvalue weighted by atomic mass is 10.0. The fourth-order valence-electron chi connectivity index (χ4n) is 3.40. The number of hydrogen-bond donors (Lipinski definition) is 2. The molecular weight excluding hydrogens is 284 g/mol. The van der Waals surface area contributed by atoms with Gasteiger partial charge in [-0.25, -0.2) is 0 Å². The minimum atomic E-state index is -0.537. The zero-order valence-corrected chi connectivity index (χ0v) is 12.5. The monoisotopic (exact) mass is 304 g/mol. The Morgan fingerprint density at radius 2 is 2.09 bits per heavy atom. The third-order valence-corrected chi connectivity index (χ3v) is 4.54. The van der Waals surface area contributed by atoms with E-state index in [0.717, 1.165) is 19.3 Å². The van der Waals surface area contributed by atoms with Gasteiger partial charge in [0.2, 0.25) is 0 Å². The van der Waals surface area contributed by atoms with E-state index in [1.165, 1.54) is 6.07 Å². The van der Waals surface area contributed by atoms with Gasteiger partial charge >= 0.3 is 0 Å². The number of carbonyl (C=O) groups excluding carboxylic acids is 1. The fourth-order valence-corrected chi connectivity index (χ4v) is 3.40. The molecule has 2 bridgehead atoms. The van der Waals surface area contributed by atoms with Gasteiger partial charge < -0.3 is 16.0 Å². The number of likely N-dealkylation sites (tertiary alicyclic amines) is 1. The summed E-state index contributed by atoms with van der Waals surface area (Å²) in [4.78, 5) is 25.1. The molecule has 0 saturated carbocycles. The number of nitrogens with two attached hydrogens (primary N) is 1. The van der Waals surface area contributed by atoms with Crippen LogP contribution in [-0.4, -0.2) is 40.9 Å². The average molecular weight is 304 g/mol. The summed E-state index contributed by atoms with van der Waals surface area (Å²) in [5.41, 5.74) is 6.54. The molecule has 0 spiro atoms. The zero-order chi connectivity index (χ0) is 15.9. The summed E-state index contributed by atoms with van der Waals surface area (Å²) in [6.45, 7) is 3.03. The SMILES string of the molecule is Cc1cc(C(=O)N2CCC3CCC(C2)N3)c(N)c([N+](=O)[O-])c1. The standard InChI is InChI=1S/C15H20N4O3/c1-9-6-12(14(16)13(7-9)19(21)22)15(20)18-5-4-10-2-3-11(8-18)17-10/h6-7,10-11,17H,2-5,8,16H2,1H3. The van der Waals surface area contributed by atoms with Crippen LogP contribution in [0, 0.1) is 17.0 Å². The maximum absolute atomic E-state index is 12.8. The van der Waals surface area contributed by atoms with Gasteiger partial charge in [0.15, 0.2) is 0 Å². The van der Waals surface area contributed by atoms with Gasteiger partial charge in [-0.2, -0.15) is 0 Å². The summed E-state index contributed by atoms with van der Waals surface area (Å²) in [5.74, 6) is -0.210. The van der Waals surface area contributed by atoms with E-state index in [9.17, 15) is 14.9 Å². The number of nitro benzene ring substituents is 1. The largest absolute Gasteiger partial charge is 0.393 e. The summed E-state index contributed by atoms with van der Waals surface area (Å²) in [6.07, 6.45) is 3.14. The molecule has 7 nitrogen and oxygen atoms in total. The van der Waals surface area contributed by atoms with Gasteiger partial charge in [0.25, 0.3) is 11.6 Å². The van der Waals surface area contributed by atoms with Gasteiger partial charge in [0.1, 0.15) is 5.69 Å². The Hall–Kier alpha value is -2.15. The van der Waals surface area contributed by atoms with Gasteiger partial charge in [-0.3, -0.25) is 14.9 Å². The topological polar surface area (TPSA) is 102 Å². The van der Waals surface area contributed by atoms with Crippen LogP contribution in [0.5, 0.6) is 0 Å². The highest BCUT2D eigenvalue weighted by Gasteiger charge is 2.32. The lowest BCUT2D eigenvalue weighted by molar-refractivity contribution is -0.384. The summed E-state index contributed by atoms with van der Waals surface area (Å²) in [5, 5.41) is 14.6. The molecule has 0 radical (unpaired) electrons. The Balaban J connectivity index is 1.90. The van der Waals surface area contributed by atoms with Gasteiger partial charge in [-0.15, -0.1) is 0 Å². The van der Waals surface area contributed by atoms with Crippen LogP contribution in [0.2, 0.25) is 0 Å². The molecular formula is C15H20N4O3. The van der Waals surface area contributed by atoms with Crippen LogP contribution in [0.1, 0.15) is 35.2 Å².